The van der Waals surface area contributed by atoms with E-state index in [0.29, 0.717) is 32.2 Å². The zero-order valence-corrected chi connectivity index (χ0v) is 50.2. The first kappa shape index (κ1) is 75.5. The number of carbonyl (C=O) groups is 10. The van der Waals surface area contributed by atoms with Crippen LogP contribution in [0.4, 0.5) is 0 Å². The van der Waals surface area contributed by atoms with Crippen LogP contribution in [0.5, 0.6) is 0 Å². The van der Waals surface area contributed by atoms with Crippen LogP contribution in [0, 0.1) is 5.92 Å². The van der Waals surface area contributed by atoms with Gasteiger partial charge in [-0.3, -0.25) is 43.1 Å². The summed E-state index contributed by atoms with van der Waals surface area (Å²) in [5.74, 6) is -8.23. The zero-order chi connectivity index (χ0) is 61.4. The number of aliphatic carboxylic acids is 3. The molecule has 0 aliphatic carbocycles. The zero-order valence-electron chi connectivity index (χ0n) is 47.8. The van der Waals surface area contributed by atoms with Crippen molar-refractivity contribution in [3.8, 4) is 0 Å². The van der Waals surface area contributed by atoms with E-state index in [1.54, 1.807) is 0 Å². The number of unbranched alkanes of at least 4 members (excludes halogenated alkanes) is 13. The van der Waals surface area contributed by atoms with Gasteiger partial charge in [-0.1, -0.05) is 91.8 Å². The molecule has 0 aromatic carbocycles. The van der Waals surface area contributed by atoms with Crippen LogP contribution in [0.1, 0.15) is 173 Å². The van der Waals surface area contributed by atoms with Crippen LogP contribution < -0.4 is 26.0 Å². The SMILES string of the molecule is O=C(CCCOCCOCC(=O)NC(CCCCNC(=O)CBr)C(=O)O)CCC(NC(=O)CC[C@H](CC(=O)COCCOCCNC(=O)CCCS(=O)(=O)NC(=O)CCCCCCCCCCCCCCCc1nn[nH]n1)C(=O)O)C(=O)O. The number of rotatable bonds is 57. The standard InChI is InChI=1S/C53H90BrN9O19S/c54-37-49(69)55-27-15-14-19-43(52(73)74)58-50(70)39-82-34-31-79-29-16-18-41(64)24-25-44(53(75)76)57-47(67)26-23-40(51(71)72)36-42(65)38-81-33-32-80-30-28-56-46(66)22-17-35-83(77,78)61-48(68)21-13-11-9-7-5-3-1-2-4-6-8-10-12-20-45-59-62-63-60-45/h40,43-44H,1-39H2,(H,55,69)(H,56,66)(H,57,67)(H,58,70)(H,61,68)(H,71,72)(H,73,74)(H,75,76)(H,59,60,62,63)/t40-,43?,44?/m1/s1. The van der Waals surface area contributed by atoms with Gasteiger partial charge in [-0.15, -0.1) is 10.2 Å². The molecule has 0 radical (unpaired) electrons. The van der Waals surface area contributed by atoms with Crippen LogP contribution in [-0.4, -0.2) is 192 Å². The van der Waals surface area contributed by atoms with Crippen LogP contribution in [0.2, 0.25) is 0 Å². The largest absolute Gasteiger partial charge is 0.481 e. The van der Waals surface area contributed by atoms with Crippen molar-refractivity contribution >= 4 is 85.0 Å². The molecule has 9 N–H and O–H groups in total. The molecule has 474 valence electrons. The van der Waals surface area contributed by atoms with Crippen molar-refractivity contribution in [2.24, 2.45) is 5.92 Å². The van der Waals surface area contributed by atoms with Gasteiger partial charge < -0.3 is 55.5 Å². The lowest BCUT2D eigenvalue weighted by Gasteiger charge is -2.16. The Hall–Kier alpha value is -5.56. The Labute approximate surface area is 494 Å². The fourth-order valence-corrected chi connectivity index (χ4v) is 9.43. The number of nitrogens with zero attached hydrogens (tertiary/aromatic N) is 3. The van der Waals surface area contributed by atoms with E-state index in [2.05, 4.69) is 62.5 Å². The highest BCUT2D eigenvalue weighted by Gasteiger charge is 2.26. The number of carboxylic acids is 3. The molecule has 1 aromatic heterocycles. The average Bonchev–Trinajstić information content (AvgIpc) is 3.97. The van der Waals surface area contributed by atoms with Crippen molar-refractivity contribution in [3.05, 3.63) is 5.82 Å². The molecule has 0 fully saturated rings. The number of ether oxygens (including phenoxy) is 4. The van der Waals surface area contributed by atoms with Crippen LogP contribution in [-0.2, 0) is 83.3 Å². The summed E-state index contributed by atoms with van der Waals surface area (Å²) in [6.07, 6.45) is 15.1. The highest BCUT2D eigenvalue weighted by atomic mass is 79.9. The number of aryl methyl sites for hydroxylation is 1. The van der Waals surface area contributed by atoms with Gasteiger partial charge >= 0.3 is 17.9 Å². The Bertz CT molecular complexity index is 2160. The highest BCUT2D eigenvalue weighted by molar-refractivity contribution is 9.09. The predicted molar refractivity (Wildman–Crippen MR) is 303 cm³/mol. The summed E-state index contributed by atoms with van der Waals surface area (Å²) in [5.41, 5.74) is 0. The summed E-state index contributed by atoms with van der Waals surface area (Å²) in [5, 5.41) is 52.7. The lowest BCUT2D eigenvalue weighted by atomic mass is 9.97. The monoisotopic (exact) mass is 1270 g/mol. The number of ketones is 2. The molecule has 5 amide bonds. The number of nitrogens with one attached hydrogen (secondary N) is 6. The number of halogens is 1. The molecule has 0 aliphatic heterocycles. The number of aromatic nitrogens is 4. The summed E-state index contributed by atoms with van der Waals surface area (Å²) in [6, 6.07) is -2.54. The van der Waals surface area contributed by atoms with Crippen LogP contribution in [0.3, 0.4) is 0 Å². The topological polar surface area (TPSA) is 417 Å². The van der Waals surface area contributed by atoms with Gasteiger partial charge in [0.05, 0.1) is 50.0 Å². The third-order valence-electron chi connectivity index (χ3n) is 12.7. The number of amides is 5. The van der Waals surface area contributed by atoms with Crippen molar-refractivity contribution in [2.45, 2.75) is 185 Å². The molecular weight excluding hydrogens is 1180 g/mol. The number of sulfonamides is 1. The fraction of sp³-hybridized carbons (Fsp3) is 0.792. The van der Waals surface area contributed by atoms with E-state index in [-0.39, 0.29) is 120 Å². The maximum absolute atomic E-state index is 12.6. The van der Waals surface area contributed by atoms with Gasteiger partial charge in [-0.25, -0.2) is 18.0 Å². The number of alkyl halides is 1. The van der Waals surface area contributed by atoms with Gasteiger partial charge in [0.25, 0.3) is 0 Å². The lowest BCUT2D eigenvalue weighted by molar-refractivity contribution is -0.145. The molecule has 28 nitrogen and oxygen atoms in total. The first-order chi connectivity index (χ1) is 39.8. The van der Waals surface area contributed by atoms with E-state index in [1.165, 1.54) is 44.9 Å². The molecule has 83 heavy (non-hydrogen) atoms. The number of aromatic amines is 1. The molecule has 0 spiro atoms. The number of H-pyrrole nitrogens is 1. The summed E-state index contributed by atoms with van der Waals surface area (Å²) in [7, 11) is -3.88. The molecule has 3 atom stereocenters. The Morgan fingerprint density at radius 1 is 0.494 bits per heavy atom. The minimum Gasteiger partial charge on any atom is -0.481 e. The summed E-state index contributed by atoms with van der Waals surface area (Å²) in [4.78, 5) is 120. The van der Waals surface area contributed by atoms with Gasteiger partial charge in [0.2, 0.25) is 39.6 Å². The van der Waals surface area contributed by atoms with E-state index in [4.69, 9.17) is 18.9 Å². The molecule has 1 aromatic rings. The quantitative estimate of drug-likeness (QED) is 0.0334. The van der Waals surface area contributed by atoms with Crippen LogP contribution in [0.25, 0.3) is 0 Å². The molecule has 0 saturated carbocycles. The Kier molecular flexibility index (Phi) is 44.3. The second kappa shape index (κ2) is 48.8. The highest BCUT2D eigenvalue weighted by Crippen LogP contribution is 2.16. The molecule has 2 unspecified atom stereocenters. The van der Waals surface area contributed by atoms with E-state index >= 15 is 0 Å². The molecule has 1 heterocycles. The van der Waals surface area contributed by atoms with Crippen LogP contribution >= 0.6 is 15.9 Å². The summed E-state index contributed by atoms with van der Waals surface area (Å²) < 4.78 is 48.0. The number of Topliss-reactive ketones (excluding diaryl/α,β-unsaturated/α-hetero) is 2. The van der Waals surface area contributed by atoms with E-state index in [1.807, 2.05) is 0 Å². The minimum absolute atomic E-state index is 0.00682. The van der Waals surface area contributed by atoms with Crippen molar-refractivity contribution in [3.63, 3.8) is 0 Å². The maximum atomic E-state index is 12.6. The van der Waals surface area contributed by atoms with Gasteiger partial charge in [0, 0.05) is 64.6 Å². The molecule has 30 heteroatoms. The predicted octanol–water partition coefficient (Wildman–Crippen LogP) is 3.00. The third-order valence-corrected chi connectivity index (χ3v) is 14.6. The van der Waals surface area contributed by atoms with Crippen molar-refractivity contribution < 1.29 is 90.6 Å². The molecule has 0 aliphatic rings. The Balaban J connectivity index is 2.09. The lowest BCUT2D eigenvalue weighted by Crippen LogP contribution is -2.42. The summed E-state index contributed by atoms with van der Waals surface area (Å²) >= 11 is 3.03. The van der Waals surface area contributed by atoms with Crippen molar-refractivity contribution in [1.82, 2.24) is 46.6 Å². The second-order valence-corrected chi connectivity index (χ2v) is 22.3. The van der Waals surface area contributed by atoms with Crippen molar-refractivity contribution in [2.75, 3.05) is 77.0 Å². The van der Waals surface area contributed by atoms with Gasteiger partial charge in [-0.05, 0) is 57.8 Å². The van der Waals surface area contributed by atoms with E-state index in [0.717, 1.165) is 44.3 Å². The number of hydrogen-bond donors (Lipinski definition) is 9. The Morgan fingerprint density at radius 2 is 1.06 bits per heavy atom. The maximum Gasteiger partial charge on any atom is 0.326 e. The van der Waals surface area contributed by atoms with Gasteiger partial charge in [0.15, 0.2) is 11.6 Å². The van der Waals surface area contributed by atoms with E-state index < -0.39 is 101 Å². The number of hydrogen-bond acceptors (Lipinski definition) is 19. The number of carbonyl (C=O) groups excluding carboxylic acids is 7. The normalized spacial score (nSPS) is 12.4. The third kappa shape index (κ3) is 44.6. The second-order valence-electron chi connectivity index (χ2n) is 19.9. The van der Waals surface area contributed by atoms with Gasteiger partial charge in [0.1, 0.15) is 31.1 Å². The molecule has 0 bridgehead atoms. The molecular formula is C53H90BrN9O19S. The molecule has 0 saturated heterocycles. The molecule has 1 rings (SSSR count). The van der Waals surface area contributed by atoms with Crippen molar-refractivity contribution in [1.29, 1.82) is 0 Å². The average molecular weight is 1270 g/mol. The first-order valence-electron chi connectivity index (χ1n) is 28.8. The number of tetrazole rings is 1. The summed E-state index contributed by atoms with van der Waals surface area (Å²) in [6.45, 7) is -0.0204. The fourth-order valence-electron chi connectivity index (χ4n) is 8.16. The minimum atomic E-state index is -3.88. The first-order valence-corrected chi connectivity index (χ1v) is 31.6. The smallest absolute Gasteiger partial charge is 0.326 e. The van der Waals surface area contributed by atoms with Gasteiger partial charge in [-0.2, -0.15) is 5.21 Å². The number of carboxylic acid groups (broad SMARTS) is 3. The van der Waals surface area contributed by atoms with Crippen LogP contribution in [0.15, 0.2) is 0 Å². The Morgan fingerprint density at radius 3 is 1.67 bits per heavy atom. The van der Waals surface area contributed by atoms with E-state index in [9.17, 15) is 71.7 Å².